The number of aliphatic hydroxyl groups excluding tert-OH is 1. The van der Waals surface area contributed by atoms with E-state index in [4.69, 9.17) is 4.74 Å². The molecule has 2 aromatic rings. The number of benzene rings is 2. The second-order valence-electron chi connectivity index (χ2n) is 6.42. The number of quaternary nitrogens is 1. The van der Waals surface area contributed by atoms with Gasteiger partial charge in [-0.3, -0.25) is 0 Å². The Morgan fingerprint density at radius 1 is 1.09 bits per heavy atom. The first kappa shape index (κ1) is 16.0. The molecule has 1 aliphatic carbocycles. The van der Waals surface area contributed by atoms with Crippen molar-refractivity contribution in [3.8, 4) is 5.75 Å². The van der Waals surface area contributed by atoms with Crippen LogP contribution in [-0.2, 0) is 12.8 Å². The number of aryl methyl sites for hydroxylation is 2. The summed E-state index contributed by atoms with van der Waals surface area (Å²) in [5.74, 6) is 0.876. The molecule has 0 saturated heterocycles. The first-order chi connectivity index (χ1) is 11.2. The Morgan fingerprint density at radius 3 is 2.70 bits per heavy atom. The number of hydrogen-bond acceptors (Lipinski definition) is 2. The van der Waals surface area contributed by atoms with Gasteiger partial charge in [-0.05, 0) is 49.4 Å². The summed E-state index contributed by atoms with van der Waals surface area (Å²) in [7, 11) is 0. The third-order valence-electron chi connectivity index (χ3n) is 4.60. The summed E-state index contributed by atoms with van der Waals surface area (Å²) in [6.07, 6.45) is 3.12. The fourth-order valence-electron chi connectivity index (χ4n) is 3.15. The molecule has 1 aliphatic rings. The molecule has 0 saturated carbocycles. The average molecular weight is 312 g/mol. The van der Waals surface area contributed by atoms with E-state index in [0.717, 1.165) is 12.2 Å². The van der Waals surface area contributed by atoms with Gasteiger partial charge >= 0.3 is 0 Å². The molecule has 2 aromatic carbocycles. The van der Waals surface area contributed by atoms with Gasteiger partial charge in [0, 0.05) is 5.56 Å². The first-order valence-electron chi connectivity index (χ1n) is 8.53. The van der Waals surface area contributed by atoms with Gasteiger partial charge in [0.15, 0.2) is 0 Å². The highest BCUT2D eigenvalue weighted by Crippen LogP contribution is 2.26. The summed E-state index contributed by atoms with van der Waals surface area (Å²) in [5.41, 5.74) is 4.13. The smallest absolute Gasteiger partial charge is 0.137 e. The minimum absolute atomic E-state index is 0.339. The van der Waals surface area contributed by atoms with Crippen LogP contribution in [0.5, 0.6) is 5.75 Å². The second-order valence-corrected chi connectivity index (χ2v) is 6.42. The van der Waals surface area contributed by atoms with Crippen LogP contribution in [-0.4, -0.2) is 24.4 Å². The average Bonchev–Trinajstić information content (AvgIpc) is 3.06. The van der Waals surface area contributed by atoms with Gasteiger partial charge in [0.25, 0.3) is 0 Å². The third kappa shape index (κ3) is 4.34. The lowest BCUT2D eigenvalue weighted by Gasteiger charge is -2.15. The highest BCUT2D eigenvalue weighted by Gasteiger charge is 2.14. The fourth-order valence-corrected chi connectivity index (χ4v) is 3.15. The van der Waals surface area contributed by atoms with Gasteiger partial charge in [-0.15, -0.1) is 0 Å². The van der Waals surface area contributed by atoms with Crippen molar-refractivity contribution in [3.63, 3.8) is 0 Å². The molecule has 3 N–H and O–H groups in total. The summed E-state index contributed by atoms with van der Waals surface area (Å²) in [6.45, 7) is 3.14. The zero-order valence-corrected chi connectivity index (χ0v) is 13.7. The fraction of sp³-hybridized carbons (Fsp3) is 0.400. The summed E-state index contributed by atoms with van der Waals surface area (Å²) in [4.78, 5) is 0. The van der Waals surface area contributed by atoms with E-state index in [2.05, 4.69) is 36.5 Å². The molecule has 0 heterocycles. The van der Waals surface area contributed by atoms with E-state index < -0.39 is 6.10 Å². The molecule has 0 fully saturated rings. The molecule has 0 aromatic heterocycles. The molecule has 0 aliphatic heterocycles. The van der Waals surface area contributed by atoms with E-state index in [1.54, 1.807) is 0 Å². The number of aliphatic hydroxyl groups is 1. The van der Waals surface area contributed by atoms with Gasteiger partial charge in [-0.25, -0.2) is 0 Å². The topological polar surface area (TPSA) is 46.1 Å². The lowest BCUT2D eigenvalue weighted by Crippen LogP contribution is -2.87. The van der Waals surface area contributed by atoms with Crippen molar-refractivity contribution >= 4 is 0 Å². The van der Waals surface area contributed by atoms with Gasteiger partial charge in [-0.1, -0.05) is 36.4 Å². The van der Waals surface area contributed by atoms with E-state index in [0.29, 0.717) is 19.2 Å². The zero-order chi connectivity index (χ0) is 16.1. The molecule has 0 spiro atoms. The maximum Gasteiger partial charge on any atom is 0.137 e. The second kappa shape index (κ2) is 7.62. The Hall–Kier alpha value is -1.84. The highest BCUT2D eigenvalue weighted by atomic mass is 16.5. The highest BCUT2D eigenvalue weighted by molar-refractivity contribution is 5.38. The van der Waals surface area contributed by atoms with Crippen molar-refractivity contribution < 1.29 is 15.2 Å². The molecule has 0 unspecified atom stereocenters. The minimum Gasteiger partial charge on any atom is -0.491 e. The molecule has 122 valence electrons. The van der Waals surface area contributed by atoms with Crippen LogP contribution in [0.25, 0.3) is 0 Å². The third-order valence-corrected chi connectivity index (χ3v) is 4.60. The van der Waals surface area contributed by atoms with E-state index in [-0.39, 0.29) is 0 Å². The van der Waals surface area contributed by atoms with E-state index in [1.807, 2.05) is 24.3 Å². The predicted molar refractivity (Wildman–Crippen MR) is 91.6 cm³/mol. The summed E-state index contributed by atoms with van der Waals surface area (Å²) in [5, 5.41) is 12.3. The molecule has 0 radical (unpaired) electrons. The largest absolute Gasteiger partial charge is 0.491 e. The molecular weight excluding hydrogens is 286 g/mol. The van der Waals surface area contributed by atoms with Crippen LogP contribution < -0.4 is 10.1 Å². The molecule has 0 amide bonds. The van der Waals surface area contributed by atoms with Crippen LogP contribution >= 0.6 is 0 Å². The van der Waals surface area contributed by atoms with Crippen LogP contribution in [0.4, 0.5) is 0 Å². The Bertz CT molecular complexity index is 627. The Labute approximate surface area is 138 Å². The van der Waals surface area contributed by atoms with Gasteiger partial charge in [-0.2, -0.15) is 0 Å². The Balaban J connectivity index is 1.44. The first-order valence-corrected chi connectivity index (χ1v) is 8.53. The molecule has 23 heavy (non-hydrogen) atoms. The summed E-state index contributed by atoms with van der Waals surface area (Å²) >= 11 is 0. The SMILES string of the molecule is C[C@@H]([NH2+]C[C@H](O)COc1ccc2c(c1)CCC2)c1ccccc1. The number of rotatable bonds is 7. The van der Waals surface area contributed by atoms with E-state index in [1.165, 1.54) is 29.5 Å². The van der Waals surface area contributed by atoms with E-state index >= 15 is 0 Å². The van der Waals surface area contributed by atoms with Gasteiger partial charge in [0.2, 0.25) is 0 Å². The molecule has 3 nitrogen and oxygen atoms in total. The number of hydrogen-bond donors (Lipinski definition) is 2. The monoisotopic (exact) mass is 312 g/mol. The molecular formula is C20H26NO2+. The van der Waals surface area contributed by atoms with Crippen LogP contribution in [0.2, 0.25) is 0 Å². The quantitative estimate of drug-likeness (QED) is 0.823. The van der Waals surface area contributed by atoms with Crippen molar-refractivity contribution in [2.45, 2.75) is 38.3 Å². The van der Waals surface area contributed by atoms with E-state index in [9.17, 15) is 5.11 Å². The van der Waals surface area contributed by atoms with Gasteiger partial charge in [0.1, 0.15) is 31.0 Å². The normalized spacial score (nSPS) is 15.9. The Kier molecular flexibility index (Phi) is 5.31. The molecule has 0 bridgehead atoms. The van der Waals surface area contributed by atoms with Crippen molar-refractivity contribution in [3.05, 3.63) is 65.2 Å². The molecule has 2 atom stereocenters. The predicted octanol–water partition coefficient (Wildman–Crippen LogP) is 2.24. The lowest BCUT2D eigenvalue weighted by atomic mass is 10.1. The maximum atomic E-state index is 10.1. The van der Waals surface area contributed by atoms with Crippen molar-refractivity contribution in [2.75, 3.05) is 13.2 Å². The van der Waals surface area contributed by atoms with Crippen molar-refractivity contribution in [1.82, 2.24) is 0 Å². The number of fused-ring (bicyclic) bond motifs is 1. The zero-order valence-electron chi connectivity index (χ0n) is 13.7. The van der Waals surface area contributed by atoms with Crippen molar-refractivity contribution in [2.24, 2.45) is 0 Å². The lowest BCUT2D eigenvalue weighted by molar-refractivity contribution is -0.698. The van der Waals surface area contributed by atoms with Crippen LogP contribution in [0.3, 0.4) is 0 Å². The molecule has 3 heteroatoms. The number of nitrogens with two attached hydrogens (primary N) is 1. The van der Waals surface area contributed by atoms with Crippen molar-refractivity contribution in [1.29, 1.82) is 0 Å². The standard InChI is InChI=1S/C20H25NO2/c1-15(16-6-3-2-4-7-16)21-13-19(22)14-23-20-11-10-17-8-5-9-18(17)12-20/h2-4,6-7,10-12,15,19,21-22H,5,8-9,13-14H2,1H3/p+1/t15-,19+/m1/s1. The van der Waals surface area contributed by atoms with Crippen LogP contribution in [0, 0.1) is 0 Å². The summed E-state index contributed by atoms with van der Waals surface area (Å²) < 4.78 is 5.76. The van der Waals surface area contributed by atoms with Crippen LogP contribution in [0.1, 0.15) is 36.1 Å². The Morgan fingerprint density at radius 2 is 1.87 bits per heavy atom. The summed E-state index contributed by atoms with van der Waals surface area (Å²) in [6, 6.07) is 17.0. The van der Waals surface area contributed by atoms with Crippen LogP contribution in [0.15, 0.2) is 48.5 Å². The van der Waals surface area contributed by atoms with Gasteiger partial charge in [0.05, 0.1) is 0 Å². The number of ether oxygens (including phenoxy) is 1. The molecule has 3 rings (SSSR count). The van der Waals surface area contributed by atoms with Gasteiger partial charge < -0.3 is 15.2 Å². The maximum absolute atomic E-state index is 10.1. The minimum atomic E-state index is -0.464.